The molecule has 0 saturated heterocycles. The van der Waals surface area contributed by atoms with Crippen molar-refractivity contribution in [2.24, 2.45) is 46.8 Å². The molecular formula is C19H22O5. The monoisotopic (exact) mass is 330 g/mol. The molecule has 0 aromatic rings. The Bertz CT molecular complexity index is 692. The Morgan fingerprint density at radius 3 is 2.54 bits per heavy atom. The van der Waals surface area contributed by atoms with Gasteiger partial charge in [-0.05, 0) is 24.2 Å². The van der Waals surface area contributed by atoms with Crippen LogP contribution in [0.4, 0.5) is 0 Å². The van der Waals surface area contributed by atoms with E-state index < -0.39 is 29.1 Å². The van der Waals surface area contributed by atoms with Crippen molar-refractivity contribution in [3.63, 3.8) is 0 Å². The minimum atomic E-state index is -1.47. The fourth-order valence-electron chi connectivity index (χ4n) is 6.10. The second kappa shape index (κ2) is 4.87. The topological polar surface area (TPSA) is 77.5 Å². The Balaban J connectivity index is 1.92. The first-order chi connectivity index (χ1) is 11.4. The van der Waals surface area contributed by atoms with Gasteiger partial charge in [0.25, 0.3) is 0 Å². The highest BCUT2D eigenvalue weighted by atomic mass is 16.5. The molecule has 0 aromatic heterocycles. The van der Waals surface area contributed by atoms with Crippen molar-refractivity contribution < 1.29 is 23.9 Å². The van der Waals surface area contributed by atoms with Crippen molar-refractivity contribution in [2.45, 2.75) is 26.7 Å². The van der Waals surface area contributed by atoms with Gasteiger partial charge in [-0.3, -0.25) is 19.2 Å². The third kappa shape index (κ3) is 1.56. The number of rotatable bonds is 1. The van der Waals surface area contributed by atoms with Crippen LogP contribution >= 0.6 is 0 Å². The largest absolute Gasteiger partial charge is 0.468 e. The number of ether oxygens (including phenoxy) is 1. The summed E-state index contributed by atoms with van der Waals surface area (Å²) in [5.74, 6) is -3.46. The van der Waals surface area contributed by atoms with Gasteiger partial charge in [-0.1, -0.05) is 26.0 Å². The van der Waals surface area contributed by atoms with Crippen LogP contribution in [0.3, 0.4) is 0 Å². The van der Waals surface area contributed by atoms with Crippen LogP contribution in [-0.2, 0) is 23.9 Å². The maximum Gasteiger partial charge on any atom is 0.320 e. The number of methoxy groups -OCH3 is 1. The molecule has 24 heavy (non-hydrogen) atoms. The lowest BCUT2D eigenvalue weighted by Gasteiger charge is -2.52. The molecule has 0 radical (unpaired) electrons. The number of Topliss-reactive ketones (excluding diaryl/α,β-unsaturated/α-hetero) is 3. The van der Waals surface area contributed by atoms with Crippen LogP contribution in [-0.4, -0.2) is 30.4 Å². The van der Waals surface area contributed by atoms with Gasteiger partial charge in [0.15, 0.2) is 5.78 Å². The van der Waals surface area contributed by atoms with Crippen molar-refractivity contribution in [2.75, 3.05) is 7.11 Å². The minimum Gasteiger partial charge on any atom is -0.468 e. The van der Waals surface area contributed by atoms with Crippen molar-refractivity contribution in [1.29, 1.82) is 0 Å². The summed E-state index contributed by atoms with van der Waals surface area (Å²) in [6.07, 6.45) is 4.80. The van der Waals surface area contributed by atoms with E-state index in [4.69, 9.17) is 4.74 Å². The van der Waals surface area contributed by atoms with E-state index in [0.29, 0.717) is 12.8 Å². The third-order valence-corrected chi connectivity index (χ3v) is 7.07. The normalized spacial score (nSPS) is 49.1. The molecule has 4 unspecified atom stereocenters. The summed E-state index contributed by atoms with van der Waals surface area (Å²) in [5.41, 5.74) is -1.47. The zero-order valence-electron chi connectivity index (χ0n) is 14.2. The molecule has 4 rings (SSSR count). The lowest BCUT2D eigenvalue weighted by Crippen LogP contribution is -2.65. The van der Waals surface area contributed by atoms with Crippen LogP contribution in [0.2, 0.25) is 0 Å². The van der Waals surface area contributed by atoms with Crippen molar-refractivity contribution in [1.82, 2.24) is 0 Å². The molecule has 0 N–H and O–H groups in total. The zero-order chi connectivity index (χ0) is 17.4. The van der Waals surface area contributed by atoms with Crippen LogP contribution in [0.25, 0.3) is 0 Å². The zero-order valence-corrected chi connectivity index (χ0v) is 14.2. The number of carbonyl (C=O) groups excluding carboxylic acids is 4. The van der Waals surface area contributed by atoms with E-state index in [1.165, 1.54) is 7.11 Å². The predicted molar refractivity (Wildman–Crippen MR) is 83.6 cm³/mol. The highest BCUT2D eigenvalue weighted by Gasteiger charge is 2.72. The average Bonchev–Trinajstić information content (AvgIpc) is 3.11. The number of fused-ring (bicyclic) bond motifs is 6. The summed E-state index contributed by atoms with van der Waals surface area (Å²) in [5, 5.41) is 0. The number of hydrogen-bond acceptors (Lipinski definition) is 5. The van der Waals surface area contributed by atoms with Gasteiger partial charge in [0.05, 0.1) is 7.11 Å². The number of hydrogen-bond donors (Lipinski definition) is 0. The summed E-state index contributed by atoms with van der Waals surface area (Å²) in [6.45, 7) is 3.68. The molecule has 128 valence electrons. The standard InChI is InChI=1S/C19H22O5/c1-8-4-5-9(2)19(18(23)24-3)15(8)16(21)13-10-6-11(12(20)7-10)14(13)17(19)22/h4-5,8-11,13-15H,6-7H2,1-3H3/t8-,9+,10+,11-,13?,14?,15?,19?/m0/s1. The van der Waals surface area contributed by atoms with Crippen molar-refractivity contribution in [3.05, 3.63) is 12.2 Å². The van der Waals surface area contributed by atoms with Gasteiger partial charge in [-0.15, -0.1) is 0 Å². The van der Waals surface area contributed by atoms with Crippen LogP contribution in [0.15, 0.2) is 12.2 Å². The van der Waals surface area contributed by atoms with Gasteiger partial charge >= 0.3 is 5.97 Å². The Morgan fingerprint density at radius 1 is 1.17 bits per heavy atom. The maximum absolute atomic E-state index is 13.6. The summed E-state index contributed by atoms with van der Waals surface area (Å²) in [4.78, 5) is 51.9. The second-order valence-electron chi connectivity index (χ2n) is 7.96. The van der Waals surface area contributed by atoms with Gasteiger partial charge in [0.1, 0.15) is 17.0 Å². The Kier molecular flexibility index (Phi) is 3.19. The molecule has 0 aromatic carbocycles. The molecule has 0 amide bonds. The number of ketones is 3. The fraction of sp³-hybridized carbons (Fsp3) is 0.684. The first-order valence-corrected chi connectivity index (χ1v) is 8.73. The minimum absolute atomic E-state index is 0.00583. The first kappa shape index (κ1) is 15.7. The smallest absolute Gasteiger partial charge is 0.320 e. The van der Waals surface area contributed by atoms with E-state index in [1.54, 1.807) is 6.92 Å². The van der Waals surface area contributed by atoms with Gasteiger partial charge in [-0.25, -0.2) is 0 Å². The van der Waals surface area contributed by atoms with E-state index in [1.807, 2.05) is 19.1 Å². The lowest BCUT2D eigenvalue weighted by molar-refractivity contribution is -0.181. The molecule has 4 aliphatic rings. The molecule has 3 saturated carbocycles. The van der Waals surface area contributed by atoms with Crippen LogP contribution in [0.5, 0.6) is 0 Å². The summed E-state index contributed by atoms with van der Waals surface area (Å²) in [6, 6.07) is 0. The third-order valence-electron chi connectivity index (χ3n) is 7.07. The summed E-state index contributed by atoms with van der Waals surface area (Å²) >= 11 is 0. The van der Waals surface area contributed by atoms with Crippen molar-refractivity contribution >= 4 is 23.3 Å². The summed E-state index contributed by atoms with van der Waals surface area (Å²) in [7, 11) is 1.26. The van der Waals surface area contributed by atoms with Crippen LogP contribution < -0.4 is 0 Å². The quantitative estimate of drug-likeness (QED) is 0.414. The molecular weight excluding hydrogens is 308 g/mol. The molecule has 0 aliphatic heterocycles. The number of esters is 1. The number of allylic oxidation sites excluding steroid dienone is 2. The van der Waals surface area contributed by atoms with E-state index in [-0.39, 0.29) is 41.0 Å². The van der Waals surface area contributed by atoms with Gasteiger partial charge in [0, 0.05) is 30.1 Å². The van der Waals surface area contributed by atoms with Crippen LogP contribution in [0.1, 0.15) is 26.7 Å². The highest BCUT2D eigenvalue weighted by Crippen LogP contribution is 2.62. The van der Waals surface area contributed by atoms with Crippen LogP contribution in [0, 0.1) is 46.8 Å². The molecule has 5 heteroatoms. The molecule has 0 spiro atoms. The lowest BCUT2D eigenvalue weighted by atomic mass is 9.47. The highest BCUT2D eigenvalue weighted by molar-refractivity contribution is 6.16. The Hall–Kier alpha value is -1.78. The number of carbonyl (C=O) groups is 4. The second-order valence-corrected chi connectivity index (χ2v) is 7.96. The van der Waals surface area contributed by atoms with Gasteiger partial charge < -0.3 is 4.74 Å². The summed E-state index contributed by atoms with van der Waals surface area (Å²) < 4.78 is 5.01. The SMILES string of the molecule is COC(=O)C12C(=O)C3C(C(=O)C1[C@@H](C)C=C[C@H]2C)[C@H]1CC(=O)[C@@H]3C1. The molecule has 4 aliphatic carbocycles. The van der Waals surface area contributed by atoms with E-state index in [2.05, 4.69) is 0 Å². The predicted octanol–water partition coefficient (Wildman–Crippen LogP) is 1.60. The Labute approximate surface area is 140 Å². The maximum atomic E-state index is 13.6. The van der Waals surface area contributed by atoms with Crippen molar-refractivity contribution in [3.8, 4) is 0 Å². The average molecular weight is 330 g/mol. The molecule has 0 heterocycles. The van der Waals surface area contributed by atoms with E-state index in [0.717, 1.165) is 0 Å². The van der Waals surface area contributed by atoms with E-state index in [9.17, 15) is 19.2 Å². The van der Waals surface area contributed by atoms with Gasteiger partial charge in [-0.2, -0.15) is 0 Å². The molecule has 3 fully saturated rings. The first-order valence-electron chi connectivity index (χ1n) is 8.73. The fourth-order valence-corrected chi connectivity index (χ4v) is 6.10. The molecule has 2 bridgehead atoms. The Morgan fingerprint density at radius 2 is 1.88 bits per heavy atom. The van der Waals surface area contributed by atoms with E-state index >= 15 is 0 Å². The molecule has 8 atom stereocenters. The van der Waals surface area contributed by atoms with Gasteiger partial charge in [0.2, 0.25) is 0 Å². The molecule has 5 nitrogen and oxygen atoms in total.